The first-order chi connectivity index (χ1) is 15.4. The zero-order valence-electron chi connectivity index (χ0n) is 18.0. The number of ether oxygens (including phenoxy) is 2. The number of methoxy groups -OCH3 is 1. The molecule has 0 aromatic heterocycles. The lowest BCUT2D eigenvalue weighted by Crippen LogP contribution is -2.34. The minimum atomic E-state index is -4.80. The molecule has 1 amide bonds. The summed E-state index contributed by atoms with van der Waals surface area (Å²) < 4.78 is 75.9. The van der Waals surface area contributed by atoms with Gasteiger partial charge in [-0.15, -0.1) is 0 Å². The van der Waals surface area contributed by atoms with Crippen LogP contribution in [0, 0.1) is 0 Å². The van der Waals surface area contributed by atoms with Gasteiger partial charge in [-0.25, -0.2) is 8.42 Å². The minimum absolute atomic E-state index is 0.00614. The maximum Gasteiger partial charge on any atom is 0.418 e. The monoisotopic (exact) mass is 508 g/mol. The molecule has 0 heterocycles. The van der Waals surface area contributed by atoms with E-state index in [-0.39, 0.29) is 43.5 Å². The molecule has 2 aromatic carbocycles. The smallest absolute Gasteiger partial charge is 0.418 e. The minimum Gasteiger partial charge on any atom is -0.493 e. The van der Waals surface area contributed by atoms with Crippen molar-refractivity contribution in [2.75, 3.05) is 37.4 Å². The van der Waals surface area contributed by atoms with Crippen LogP contribution in [0.3, 0.4) is 0 Å². The maximum absolute atomic E-state index is 13.4. The Kier molecular flexibility index (Phi) is 9.24. The van der Waals surface area contributed by atoms with Gasteiger partial charge in [0.2, 0.25) is 15.9 Å². The van der Waals surface area contributed by atoms with E-state index in [2.05, 4.69) is 5.32 Å². The Morgan fingerprint density at radius 1 is 1.15 bits per heavy atom. The lowest BCUT2D eigenvalue weighted by atomic mass is 10.1. The zero-order valence-corrected chi connectivity index (χ0v) is 19.6. The number of nitrogens with one attached hydrogen (secondary N) is 1. The van der Waals surface area contributed by atoms with E-state index >= 15 is 0 Å². The number of hydrogen-bond acceptors (Lipinski definition) is 5. The van der Waals surface area contributed by atoms with Crippen molar-refractivity contribution < 1.29 is 35.9 Å². The Morgan fingerprint density at radius 2 is 1.82 bits per heavy atom. The zero-order chi connectivity index (χ0) is 24.6. The average Bonchev–Trinajstić information content (AvgIpc) is 2.73. The number of para-hydroxylation sites is 2. The fourth-order valence-corrected chi connectivity index (χ4v) is 4.13. The Morgan fingerprint density at radius 3 is 2.42 bits per heavy atom. The van der Waals surface area contributed by atoms with E-state index in [9.17, 15) is 26.4 Å². The molecule has 0 unspecified atom stereocenters. The van der Waals surface area contributed by atoms with Gasteiger partial charge in [0.25, 0.3) is 0 Å². The van der Waals surface area contributed by atoms with E-state index in [1.54, 1.807) is 24.3 Å². The molecule has 0 saturated heterocycles. The van der Waals surface area contributed by atoms with Crippen LogP contribution in [0.25, 0.3) is 0 Å². The molecule has 0 aliphatic rings. The molecule has 1 N–H and O–H groups in total. The summed E-state index contributed by atoms with van der Waals surface area (Å²) in [6, 6.07) is 9.85. The number of rotatable bonds is 11. The highest BCUT2D eigenvalue weighted by atomic mass is 35.5. The van der Waals surface area contributed by atoms with Crippen LogP contribution in [0.5, 0.6) is 11.5 Å². The van der Waals surface area contributed by atoms with Crippen LogP contribution in [0.15, 0.2) is 42.5 Å². The van der Waals surface area contributed by atoms with Crippen LogP contribution in [-0.4, -0.2) is 47.4 Å². The number of carbonyl (C=O) groups is 1. The Hall–Kier alpha value is -2.66. The van der Waals surface area contributed by atoms with Gasteiger partial charge in [0.15, 0.2) is 11.5 Å². The Labute approximate surface area is 195 Å². The normalized spacial score (nSPS) is 11.7. The Balaban J connectivity index is 1.92. The van der Waals surface area contributed by atoms with Gasteiger partial charge in [-0.1, -0.05) is 23.7 Å². The second-order valence-electron chi connectivity index (χ2n) is 6.95. The summed E-state index contributed by atoms with van der Waals surface area (Å²) in [5.74, 6) is 0.672. The highest BCUT2D eigenvalue weighted by Gasteiger charge is 2.36. The molecule has 0 spiro atoms. The van der Waals surface area contributed by atoms with Crippen LogP contribution in [0.2, 0.25) is 5.02 Å². The predicted octanol–water partition coefficient (Wildman–Crippen LogP) is 4.11. The van der Waals surface area contributed by atoms with Gasteiger partial charge < -0.3 is 14.8 Å². The lowest BCUT2D eigenvalue weighted by Gasteiger charge is -2.25. The van der Waals surface area contributed by atoms with Gasteiger partial charge in [-0.05, 0) is 36.8 Å². The van der Waals surface area contributed by atoms with E-state index in [4.69, 9.17) is 21.1 Å². The largest absolute Gasteiger partial charge is 0.493 e. The summed E-state index contributed by atoms with van der Waals surface area (Å²) in [6.07, 6.45) is -4.08. The summed E-state index contributed by atoms with van der Waals surface area (Å²) in [5.41, 5.74) is -1.71. The molecular formula is C21H24ClF3N2O5S. The molecule has 33 heavy (non-hydrogen) atoms. The van der Waals surface area contributed by atoms with Crippen LogP contribution in [0.4, 0.5) is 18.9 Å². The van der Waals surface area contributed by atoms with E-state index < -0.39 is 27.5 Å². The summed E-state index contributed by atoms with van der Waals surface area (Å²) >= 11 is 5.67. The van der Waals surface area contributed by atoms with E-state index in [1.807, 2.05) is 0 Å². The fraction of sp³-hybridized carbons (Fsp3) is 0.381. The van der Waals surface area contributed by atoms with Crippen molar-refractivity contribution in [1.82, 2.24) is 5.32 Å². The molecule has 0 aliphatic carbocycles. The third kappa shape index (κ3) is 8.01. The standard InChI is InChI=1S/C21H24ClF3N2O5S/c1-31-18-6-3-4-7-19(18)32-13-11-26-20(28)8-5-12-27(33(2,29)30)17-10-9-15(22)14-16(17)21(23,24)25/h3-4,6-7,9-10,14H,5,8,11-13H2,1-2H3,(H,26,28). The number of carbonyl (C=O) groups excluding carboxylic acids is 1. The molecule has 2 aromatic rings. The van der Waals surface area contributed by atoms with Crippen molar-refractivity contribution in [1.29, 1.82) is 0 Å². The highest BCUT2D eigenvalue weighted by molar-refractivity contribution is 7.92. The number of benzene rings is 2. The fourth-order valence-electron chi connectivity index (χ4n) is 2.98. The topological polar surface area (TPSA) is 84.9 Å². The van der Waals surface area contributed by atoms with Crippen molar-refractivity contribution >= 4 is 33.2 Å². The van der Waals surface area contributed by atoms with Crippen molar-refractivity contribution in [3.05, 3.63) is 53.1 Å². The molecule has 2 rings (SSSR count). The number of amides is 1. The van der Waals surface area contributed by atoms with Gasteiger partial charge >= 0.3 is 6.18 Å². The van der Waals surface area contributed by atoms with E-state index in [1.165, 1.54) is 13.2 Å². The molecule has 0 aliphatic heterocycles. The molecule has 0 fully saturated rings. The molecule has 0 radical (unpaired) electrons. The van der Waals surface area contributed by atoms with Crippen LogP contribution in [-0.2, 0) is 21.0 Å². The third-order valence-electron chi connectivity index (χ3n) is 4.45. The van der Waals surface area contributed by atoms with Gasteiger partial charge in [-0.3, -0.25) is 9.10 Å². The second-order valence-corrected chi connectivity index (χ2v) is 9.29. The summed E-state index contributed by atoms with van der Waals surface area (Å²) in [5, 5.41) is 2.44. The maximum atomic E-state index is 13.4. The number of halogens is 4. The van der Waals surface area contributed by atoms with Crippen molar-refractivity contribution in [3.63, 3.8) is 0 Å². The molecule has 0 saturated carbocycles. The van der Waals surface area contributed by atoms with Gasteiger partial charge in [-0.2, -0.15) is 13.2 Å². The van der Waals surface area contributed by atoms with E-state index in [0.717, 1.165) is 12.3 Å². The second kappa shape index (κ2) is 11.5. The molecule has 7 nitrogen and oxygen atoms in total. The number of hydrogen-bond donors (Lipinski definition) is 1. The van der Waals surface area contributed by atoms with Crippen LogP contribution >= 0.6 is 11.6 Å². The van der Waals surface area contributed by atoms with Gasteiger partial charge in [0.1, 0.15) is 6.61 Å². The highest BCUT2D eigenvalue weighted by Crippen LogP contribution is 2.39. The molecule has 182 valence electrons. The SMILES string of the molecule is COc1ccccc1OCCNC(=O)CCCN(c1ccc(Cl)cc1C(F)(F)F)S(C)(=O)=O. The number of alkyl halides is 3. The van der Waals surface area contributed by atoms with Crippen molar-refractivity contribution in [3.8, 4) is 11.5 Å². The van der Waals surface area contributed by atoms with Crippen molar-refractivity contribution in [2.45, 2.75) is 19.0 Å². The number of sulfonamides is 1. The molecule has 0 bridgehead atoms. The Bertz CT molecular complexity index is 1060. The number of nitrogens with zero attached hydrogens (tertiary/aromatic N) is 1. The average molecular weight is 509 g/mol. The summed E-state index contributed by atoms with van der Waals surface area (Å²) in [4.78, 5) is 12.1. The quantitative estimate of drug-likeness (QED) is 0.462. The first-order valence-corrected chi connectivity index (χ1v) is 12.0. The summed E-state index contributed by atoms with van der Waals surface area (Å²) in [6.45, 7) is 0.0397. The first kappa shape index (κ1) is 26.6. The number of anilines is 1. The molecule has 12 heteroatoms. The lowest BCUT2D eigenvalue weighted by molar-refractivity contribution is -0.137. The summed E-state index contributed by atoms with van der Waals surface area (Å²) in [7, 11) is -2.54. The van der Waals surface area contributed by atoms with Crippen molar-refractivity contribution in [2.24, 2.45) is 0 Å². The third-order valence-corrected chi connectivity index (χ3v) is 5.86. The van der Waals surface area contributed by atoms with E-state index in [0.29, 0.717) is 21.9 Å². The van der Waals surface area contributed by atoms with Crippen LogP contribution in [0.1, 0.15) is 18.4 Å². The van der Waals surface area contributed by atoms with Gasteiger partial charge in [0.05, 0.1) is 31.2 Å². The molecular weight excluding hydrogens is 485 g/mol. The van der Waals surface area contributed by atoms with Gasteiger partial charge in [0, 0.05) is 18.0 Å². The first-order valence-electron chi connectivity index (χ1n) is 9.80. The molecule has 0 atom stereocenters. The van der Waals surface area contributed by atoms with Crippen LogP contribution < -0.4 is 19.1 Å². The predicted molar refractivity (Wildman–Crippen MR) is 119 cm³/mol.